The fourth-order valence-corrected chi connectivity index (χ4v) is 5.85. The van der Waals surface area contributed by atoms with E-state index in [1.54, 1.807) is 11.0 Å². The van der Waals surface area contributed by atoms with Gasteiger partial charge in [-0.15, -0.1) is 0 Å². The molecule has 10 heteroatoms. The Kier molecular flexibility index (Phi) is 11.2. The van der Waals surface area contributed by atoms with Crippen LogP contribution in [0.25, 0.3) is 0 Å². The number of sulfonamides is 1. The first-order valence-corrected chi connectivity index (χ1v) is 16.0. The molecule has 3 aromatic carbocycles. The standard InChI is InChI=1S/C31H37Cl2N3O4S/c1-31(2,3)34-30(38)28(20-23-12-7-5-8-13-23)35(22-24-14-9-6-10-15-24)29(37)16-11-19-36(41(4,39)40)27-21-25(32)17-18-26(27)33/h5-10,12-15,17-18,21,28H,11,16,19-20,22H2,1-4H3,(H,34,38). The molecule has 0 aromatic heterocycles. The number of carbonyl (C=O) groups is 2. The van der Waals surface area contributed by atoms with Crippen molar-refractivity contribution in [1.29, 1.82) is 0 Å². The van der Waals surface area contributed by atoms with Gasteiger partial charge >= 0.3 is 0 Å². The summed E-state index contributed by atoms with van der Waals surface area (Å²) in [5, 5.41) is 3.62. The van der Waals surface area contributed by atoms with Crippen molar-refractivity contribution in [2.45, 2.75) is 58.2 Å². The lowest BCUT2D eigenvalue weighted by Crippen LogP contribution is -2.54. The molecule has 1 N–H and O–H groups in total. The lowest BCUT2D eigenvalue weighted by atomic mass is 10.00. The van der Waals surface area contributed by atoms with Crippen molar-refractivity contribution in [2.75, 3.05) is 17.1 Å². The van der Waals surface area contributed by atoms with Gasteiger partial charge < -0.3 is 10.2 Å². The van der Waals surface area contributed by atoms with Crippen LogP contribution in [0.4, 0.5) is 5.69 Å². The number of hydrogen-bond acceptors (Lipinski definition) is 4. The van der Waals surface area contributed by atoms with E-state index in [-0.39, 0.29) is 48.5 Å². The van der Waals surface area contributed by atoms with Crippen molar-refractivity contribution < 1.29 is 18.0 Å². The predicted octanol–water partition coefficient (Wildman–Crippen LogP) is 6.09. The van der Waals surface area contributed by atoms with Gasteiger partial charge in [0.2, 0.25) is 21.8 Å². The van der Waals surface area contributed by atoms with E-state index in [1.807, 2.05) is 81.4 Å². The van der Waals surface area contributed by atoms with E-state index < -0.39 is 21.6 Å². The molecule has 0 radical (unpaired) electrons. The molecule has 41 heavy (non-hydrogen) atoms. The molecule has 0 aliphatic carbocycles. The molecule has 220 valence electrons. The Balaban J connectivity index is 1.90. The van der Waals surface area contributed by atoms with Gasteiger partial charge in [0, 0.05) is 36.5 Å². The molecule has 0 aliphatic heterocycles. The molecule has 1 atom stereocenters. The molecular formula is C31H37Cl2N3O4S. The summed E-state index contributed by atoms with van der Waals surface area (Å²) in [6, 6.07) is 22.9. The molecule has 0 saturated carbocycles. The fourth-order valence-electron chi connectivity index (χ4n) is 4.45. The Bertz CT molecular complexity index is 1430. The Morgan fingerprint density at radius 2 is 1.49 bits per heavy atom. The second-order valence-corrected chi connectivity index (χ2v) is 13.7. The molecule has 0 heterocycles. The van der Waals surface area contributed by atoms with Crippen molar-refractivity contribution in [3.8, 4) is 0 Å². The second kappa shape index (κ2) is 14.2. The van der Waals surface area contributed by atoms with Gasteiger partial charge in [0.1, 0.15) is 6.04 Å². The number of nitrogens with one attached hydrogen (secondary N) is 1. The van der Waals surface area contributed by atoms with Gasteiger partial charge in [0.15, 0.2) is 0 Å². The van der Waals surface area contributed by atoms with Crippen LogP contribution in [-0.2, 0) is 32.6 Å². The van der Waals surface area contributed by atoms with E-state index in [9.17, 15) is 18.0 Å². The molecule has 2 amide bonds. The number of rotatable bonds is 12. The third kappa shape index (κ3) is 10.1. The monoisotopic (exact) mass is 617 g/mol. The Hall–Kier alpha value is -3.07. The van der Waals surface area contributed by atoms with Gasteiger partial charge in [-0.1, -0.05) is 83.9 Å². The summed E-state index contributed by atoms with van der Waals surface area (Å²) in [5.74, 6) is -0.515. The first-order valence-electron chi connectivity index (χ1n) is 13.4. The minimum absolute atomic E-state index is 0.0152. The van der Waals surface area contributed by atoms with Crippen molar-refractivity contribution in [3.63, 3.8) is 0 Å². The van der Waals surface area contributed by atoms with Crippen LogP contribution in [0.3, 0.4) is 0 Å². The molecule has 0 spiro atoms. The summed E-state index contributed by atoms with van der Waals surface area (Å²) in [7, 11) is -3.71. The van der Waals surface area contributed by atoms with E-state index in [2.05, 4.69) is 5.32 Å². The van der Waals surface area contributed by atoms with Crippen LogP contribution in [0.2, 0.25) is 10.0 Å². The van der Waals surface area contributed by atoms with Gasteiger partial charge in [-0.2, -0.15) is 0 Å². The van der Waals surface area contributed by atoms with Crippen molar-refractivity contribution >= 4 is 50.7 Å². The smallest absolute Gasteiger partial charge is 0.243 e. The number of benzene rings is 3. The number of carbonyl (C=O) groups excluding carboxylic acids is 2. The van der Waals surface area contributed by atoms with Crippen LogP contribution in [0, 0.1) is 0 Å². The van der Waals surface area contributed by atoms with Crippen LogP contribution in [-0.4, -0.2) is 49.5 Å². The molecule has 0 aliphatic rings. The average molecular weight is 619 g/mol. The first kappa shape index (κ1) is 32.4. The van der Waals surface area contributed by atoms with E-state index >= 15 is 0 Å². The Morgan fingerprint density at radius 3 is 2.05 bits per heavy atom. The molecule has 3 aromatic rings. The van der Waals surface area contributed by atoms with E-state index in [4.69, 9.17) is 23.2 Å². The number of nitrogens with zero attached hydrogens (tertiary/aromatic N) is 2. The van der Waals surface area contributed by atoms with E-state index in [0.717, 1.165) is 21.7 Å². The quantitative estimate of drug-likeness (QED) is 0.266. The normalized spacial score (nSPS) is 12.4. The molecule has 1 unspecified atom stereocenters. The van der Waals surface area contributed by atoms with Crippen molar-refractivity contribution in [2.24, 2.45) is 0 Å². The number of anilines is 1. The average Bonchev–Trinajstić information content (AvgIpc) is 2.89. The zero-order valence-corrected chi connectivity index (χ0v) is 26.1. The van der Waals surface area contributed by atoms with Gasteiger partial charge in [0.25, 0.3) is 0 Å². The van der Waals surface area contributed by atoms with Crippen LogP contribution in [0.1, 0.15) is 44.7 Å². The summed E-state index contributed by atoms with van der Waals surface area (Å²) < 4.78 is 26.5. The molecule has 0 saturated heterocycles. The highest BCUT2D eigenvalue weighted by Gasteiger charge is 2.32. The molecular weight excluding hydrogens is 581 g/mol. The van der Waals surface area contributed by atoms with Gasteiger partial charge in [-0.05, 0) is 56.5 Å². The molecule has 0 fully saturated rings. The highest BCUT2D eigenvalue weighted by atomic mass is 35.5. The van der Waals surface area contributed by atoms with Crippen LogP contribution in [0.5, 0.6) is 0 Å². The summed E-state index contributed by atoms with van der Waals surface area (Å²) >= 11 is 12.4. The largest absolute Gasteiger partial charge is 0.350 e. The number of amides is 2. The maximum atomic E-state index is 13.9. The number of hydrogen-bond donors (Lipinski definition) is 1. The third-order valence-corrected chi connectivity index (χ3v) is 8.03. The zero-order chi connectivity index (χ0) is 30.2. The molecule has 7 nitrogen and oxygen atoms in total. The molecule has 3 rings (SSSR count). The van der Waals surface area contributed by atoms with Crippen LogP contribution < -0.4 is 9.62 Å². The SMILES string of the molecule is CC(C)(C)NC(=O)C(Cc1ccccc1)N(Cc1ccccc1)C(=O)CCCN(c1cc(Cl)ccc1Cl)S(C)(=O)=O. The lowest BCUT2D eigenvalue weighted by Gasteiger charge is -2.34. The van der Waals surface area contributed by atoms with Crippen LogP contribution in [0.15, 0.2) is 78.9 Å². The third-order valence-electron chi connectivity index (χ3n) is 6.29. The predicted molar refractivity (Wildman–Crippen MR) is 167 cm³/mol. The summed E-state index contributed by atoms with van der Waals surface area (Å²) in [6.07, 6.45) is 1.64. The van der Waals surface area contributed by atoms with Crippen molar-refractivity contribution in [1.82, 2.24) is 10.2 Å². The summed E-state index contributed by atoms with van der Waals surface area (Å²) in [4.78, 5) is 29.1. The van der Waals surface area contributed by atoms with E-state index in [0.29, 0.717) is 11.4 Å². The fraction of sp³-hybridized carbons (Fsp3) is 0.355. The molecule has 0 bridgehead atoms. The van der Waals surface area contributed by atoms with Crippen LogP contribution >= 0.6 is 23.2 Å². The van der Waals surface area contributed by atoms with Crippen molar-refractivity contribution in [3.05, 3.63) is 100 Å². The van der Waals surface area contributed by atoms with Gasteiger partial charge in [-0.25, -0.2) is 8.42 Å². The van der Waals surface area contributed by atoms with Gasteiger partial charge in [0.05, 0.1) is 17.0 Å². The highest BCUT2D eigenvalue weighted by molar-refractivity contribution is 7.92. The lowest BCUT2D eigenvalue weighted by molar-refractivity contribution is -0.142. The Morgan fingerprint density at radius 1 is 0.902 bits per heavy atom. The Labute approximate surface area is 253 Å². The second-order valence-electron chi connectivity index (χ2n) is 11.0. The van der Waals surface area contributed by atoms with Gasteiger partial charge in [-0.3, -0.25) is 13.9 Å². The highest BCUT2D eigenvalue weighted by Crippen LogP contribution is 2.31. The maximum Gasteiger partial charge on any atom is 0.243 e. The summed E-state index contributed by atoms with van der Waals surface area (Å²) in [6.45, 7) is 5.93. The number of halogens is 2. The minimum Gasteiger partial charge on any atom is -0.350 e. The minimum atomic E-state index is -3.71. The van der Waals surface area contributed by atoms with E-state index in [1.165, 1.54) is 12.1 Å². The summed E-state index contributed by atoms with van der Waals surface area (Å²) in [5.41, 5.74) is 1.55. The topological polar surface area (TPSA) is 86.8 Å². The first-order chi connectivity index (χ1) is 19.2. The maximum absolute atomic E-state index is 13.9. The zero-order valence-electron chi connectivity index (χ0n) is 23.8.